The van der Waals surface area contributed by atoms with Crippen molar-refractivity contribution in [1.29, 1.82) is 0 Å². The van der Waals surface area contributed by atoms with Gasteiger partial charge in [0, 0.05) is 27.9 Å². The first-order valence-electron chi connectivity index (χ1n) is 6.59. The van der Waals surface area contributed by atoms with Crippen molar-refractivity contribution in [1.82, 2.24) is 0 Å². The average Bonchev–Trinajstić information content (AvgIpc) is 2.54. The first-order chi connectivity index (χ1) is 10.6. The summed E-state index contributed by atoms with van der Waals surface area (Å²) in [4.78, 5) is 12.4. The molecule has 1 N–H and O–H groups in total. The Bertz CT molecular complexity index is 701. The molecule has 0 aliphatic rings. The molecule has 0 atom stereocenters. The lowest BCUT2D eigenvalue weighted by atomic mass is 10.1. The number of ether oxygens (including phenoxy) is 1. The number of hydrogen-bond acceptors (Lipinski definition) is 4. The molecular weight excluding hydrogens is 362 g/mol. The molecule has 0 unspecified atom stereocenters. The molecule has 0 radical (unpaired) electrons. The Morgan fingerprint density at radius 1 is 1.23 bits per heavy atom. The zero-order chi connectivity index (χ0) is 15.9. The summed E-state index contributed by atoms with van der Waals surface area (Å²) in [5.74, 6) is 0.717. The van der Waals surface area contributed by atoms with Crippen LogP contribution in [-0.2, 0) is 0 Å². The fourth-order valence-electron chi connectivity index (χ4n) is 1.85. The van der Waals surface area contributed by atoms with Crippen molar-refractivity contribution < 1.29 is 9.53 Å². The van der Waals surface area contributed by atoms with Crippen LogP contribution in [0, 0.1) is 0 Å². The van der Waals surface area contributed by atoms with Gasteiger partial charge in [-0.3, -0.25) is 4.79 Å². The molecule has 5 heteroatoms. The molecule has 0 aliphatic heterocycles. The van der Waals surface area contributed by atoms with Gasteiger partial charge in [-0.15, -0.1) is 11.8 Å². The molecule has 0 amide bonds. The maximum absolute atomic E-state index is 12.4. The SMILES string of the molecule is COc1cccc(N/C(=C/C(=O)c2ccccc2Br)SC)c1. The zero-order valence-corrected chi connectivity index (χ0v) is 14.7. The van der Waals surface area contributed by atoms with Gasteiger partial charge in [0.15, 0.2) is 5.78 Å². The molecular formula is C17H16BrNO2S. The van der Waals surface area contributed by atoms with E-state index in [1.54, 1.807) is 19.3 Å². The Morgan fingerprint density at radius 2 is 2.00 bits per heavy atom. The Hall–Kier alpha value is -1.72. The van der Waals surface area contributed by atoms with E-state index in [1.807, 2.05) is 48.7 Å². The summed E-state index contributed by atoms with van der Waals surface area (Å²) in [5, 5.41) is 4.00. The van der Waals surface area contributed by atoms with Crippen LogP contribution in [0.15, 0.2) is 64.1 Å². The van der Waals surface area contributed by atoms with E-state index < -0.39 is 0 Å². The van der Waals surface area contributed by atoms with Gasteiger partial charge in [0.1, 0.15) is 5.75 Å². The Morgan fingerprint density at radius 3 is 2.68 bits per heavy atom. The molecule has 114 valence electrons. The van der Waals surface area contributed by atoms with E-state index in [9.17, 15) is 4.79 Å². The lowest BCUT2D eigenvalue weighted by Crippen LogP contribution is -2.02. The number of allylic oxidation sites excluding steroid dienone is 1. The second kappa shape index (κ2) is 8.06. The van der Waals surface area contributed by atoms with Gasteiger partial charge in [-0.25, -0.2) is 0 Å². The minimum absolute atomic E-state index is 0.0489. The van der Waals surface area contributed by atoms with E-state index in [-0.39, 0.29) is 5.78 Å². The highest BCUT2D eigenvalue weighted by atomic mass is 79.9. The van der Waals surface area contributed by atoms with Crippen molar-refractivity contribution in [2.45, 2.75) is 0 Å². The number of nitrogens with one attached hydrogen (secondary N) is 1. The second-order valence-electron chi connectivity index (χ2n) is 4.41. The third kappa shape index (κ3) is 4.39. The predicted molar refractivity (Wildman–Crippen MR) is 96.7 cm³/mol. The molecule has 0 aliphatic carbocycles. The largest absolute Gasteiger partial charge is 0.497 e. The van der Waals surface area contributed by atoms with Crippen LogP contribution in [0.3, 0.4) is 0 Å². The molecule has 22 heavy (non-hydrogen) atoms. The van der Waals surface area contributed by atoms with E-state index in [4.69, 9.17) is 4.74 Å². The van der Waals surface area contributed by atoms with Crippen LogP contribution in [0.2, 0.25) is 0 Å². The third-order valence-corrected chi connectivity index (χ3v) is 4.31. The van der Waals surface area contributed by atoms with E-state index >= 15 is 0 Å². The maximum Gasteiger partial charge on any atom is 0.189 e. The second-order valence-corrected chi connectivity index (χ2v) is 6.12. The van der Waals surface area contributed by atoms with Gasteiger partial charge < -0.3 is 10.1 Å². The first-order valence-corrected chi connectivity index (χ1v) is 8.61. The molecule has 0 fully saturated rings. The smallest absolute Gasteiger partial charge is 0.189 e. The summed E-state index contributed by atoms with van der Waals surface area (Å²) in [7, 11) is 1.63. The number of anilines is 1. The van der Waals surface area contributed by atoms with Crippen molar-refractivity contribution in [3.63, 3.8) is 0 Å². The van der Waals surface area contributed by atoms with E-state index in [0.29, 0.717) is 5.56 Å². The highest BCUT2D eigenvalue weighted by Crippen LogP contribution is 2.23. The summed E-state index contributed by atoms with van der Waals surface area (Å²) in [5.41, 5.74) is 1.52. The van der Waals surface area contributed by atoms with Crippen LogP contribution in [0.4, 0.5) is 5.69 Å². The number of methoxy groups -OCH3 is 1. The number of rotatable bonds is 6. The summed E-state index contributed by atoms with van der Waals surface area (Å²) < 4.78 is 5.99. The van der Waals surface area contributed by atoms with E-state index in [0.717, 1.165) is 20.9 Å². The number of halogens is 1. The normalized spacial score (nSPS) is 11.1. The van der Waals surface area contributed by atoms with Gasteiger partial charge in [-0.2, -0.15) is 0 Å². The number of ketones is 1. The fraction of sp³-hybridized carbons (Fsp3) is 0.118. The standard InChI is InChI=1S/C17H16BrNO2S/c1-21-13-7-5-6-12(10-13)19-17(22-2)11-16(20)14-8-3-4-9-15(14)18/h3-11,19H,1-2H3/b17-11-. The molecule has 0 aromatic heterocycles. The Labute approximate surface area is 142 Å². The van der Waals surface area contributed by atoms with Crippen molar-refractivity contribution in [2.24, 2.45) is 0 Å². The summed E-state index contributed by atoms with van der Waals surface area (Å²) in [6.45, 7) is 0. The van der Waals surface area contributed by atoms with Crippen LogP contribution in [0.1, 0.15) is 10.4 Å². The quantitative estimate of drug-likeness (QED) is 0.570. The molecule has 0 heterocycles. The number of benzene rings is 2. The molecule has 0 saturated carbocycles. The number of thioether (sulfide) groups is 1. The molecule has 2 aromatic rings. The molecule has 0 saturated heterocycles. The monoisotopic (exact) mass is 377 g/mol. The topological polar surface area (TPSA) is 38.3 Å². The molecule has 0 spiro atoms. The van der Waals surface area contributed by atoms with Crippen molar-refractivity contribution in [3.8, 4) is 5.75 Å². The van der Waals surface area contributed by atoms with Crippen LogP contribution < -0.4 is 10.1 Å². The van der Waals surface area contributed by atoms with E-state index in [2.05, 4.69) is 21.2 Å². The highest BCUT2D eigenvalue weighted by Gasteiger charge is 2.08. The molecule has 2 aromatic carbocycles. The molecule has 2 rings (SSSR count). The molecule has 0 bridgehead atoms. The molecule has 3 nitrogen and oxygen atoms in total. The Kier molecular flexibility index (Phi) is 6.10. The first kappa shape index (κ1) is 16.6. The maximum atomic E-state index is 12.4. The Balaban J connectivity index is 2.20. The van der Waals surface area contributed by atoms with Gasteiger partial charge in [0.2, 0.25) is 0 Å². The number of carbonyl (C=O) groups excluding carboxylic acids is 1. The van der Waals surface area contributed by atoms with E-state index in [1.165, 1.54) is 11.8 Å². The lowest BCUT2D eigenvalue weighted by Gasteiger charge is -2.10. The minimum atomic E-state index is -0.0489. The third-order valence-electron chi connectivity index (χ3n) is 2.96. The average molecular weight is 378 g/mol. The van der Waals surface area contributed by atoms with Crippen molar-refractivity contribution >= 4 is 39.2 Å². The van der Waals surface area contributed by atoms with Crippen LogP contribution in [-0.4, -0.2) is 19.1 Å². The van der Waals surface area contributed by atoms with Gasteiger partial charge in [-0.1, -0.05) is 34.1 Å². The van der Waals surface area contributed by atoms with Crippen LogP contribution in [0.5, 0.6) is 5.75 Å². The van der Waals surface area contributed by atoms with Gasteiger partial charge >= 0.3 is 0 Å². The van der Waals surface area contributed by atoms with Crippen molar-refractivity contribution in [3.05, 3.63) is 69.7 Å². The van der Waals surface area contributed by atoms with Crippen molar-refractivity contribution in [2.75, 3.05) is 18.7 Å². The fourth-order valence-corrected chi connectivity index (χ4v) is 2.77. The zero-order valence-electron chi connectivity index (χ0n) is 12.3. The number of carbonyl (C=O) groups is 1. The predicted octanol–water partition coefficient (Wildman–Crippen LogP) is 4.96. The summed E-state index contributed by atoms with van der Waals surface area (Å²) in [6.07, 6.45) is 3.52. The van der Waals surface area contributed by atoms with Gasteiger partial charge in [0.25, 0.3) is 0 Å². The highest BCUT2D eigenvalue weighted by molar-refractivity contribution is 9.10. The van der Waals surface area contributed by atoms with Crippen LogP contribution in [0.25, 0.3) is 0 Å². The summed E-state index contributed by atoms with van der Waals surface area (Å²) in [6, 6.07) is 15.0. The summed E-state index contributed by atoms with van der Waals surface area (Å²) >= 11 is 4.88. The van der Waals surface area contributed by atoms with Crippen LogP contribution >= 0.6 is 27.7 Å². The minimum Gasteiger partial charge on any atom is -0.497 e. The number of hydrogen-bond donors (Lipinski definition) is 1. The van der Waals surface area contributed by atoms with Gasteiger partial charge in [-0.05, 0) is 30.5 Å². The lowest BCUT2D eigenvalue weighted by molar-refractivity contribution is 0.104. The van der Waals surface area contributed by atoms with Gasteiger partial charge in [0.05, 0.1) is 12.1 Å².